The lowest BCUT2D eigenvalue weighted by molar-refractivity contribution is -0.158. The largest absolute Gasteiger partial charge is 0.393 e. The number of benzene rings is 1. The van der Waals surface area contributed by atoms with Crippen molar-refractivity contribution in [2.75, 3.05) is 61.1 Å². The first kappa shape index (κ1) is 100.0. The molecule has 2 unspecified atom stereocenters. The Labute approximate surface area is 691 Å². The van der Waals surface area contributed by atoms with Crippen LogP contribution in [0.25, 0.3) is 0 Å². The molecule has 3 aliphatic rings. The normalized spacial score (nSPS) is 27.7. The van der Waals surface area contributed by atoms with Crippen molar-refractivity contribution < 1.29 is 81.8 Å². The van der Waals surface area contributed by atoms with Gasteiger partial charge in [-0.25, -0.2) is 0 Å². The van der Waals surface area contributed by atoms with E-state index < -0.39 is 142 Å². The lowest BCUT2D eigenvalue weighted by Crippen LogP contribution is -2.59. The fourth-order valence-electron chi connectivity index (χ4n) is 15.6. The number of thioether (sulfide) groups is 3. The van der Waals surface area contributed by atoms with E-state index in [2.05, 4.69) is 4.99 Å². The fourth-order valence-corrected chi connectivity index (χ4v) is 18.9. The summed E-state index contributed by atoms with van der Waals surface area (Å²) in [5, 5.41) is 11.4. The highest BCUT2D eigenvalue weighted by atomic mass is 32.2. The molecule has 3 amide bonds. The Balaban J connectivity index is 1.86. The average Bonchev–Trinajstić information content (AvgIpc) is 0.836. The molecule has 0 radical (unpaired) electrons. The second-order valence-corrected chi connectivity index (χ2v) is 38.3. The van der Waals surface area contributed by atoms with Gasteiger partial charge in [-0.05, 0) is 81.1 Å². The van der Waals surface area contributed by atoms with Crippen LogP contribution >= 0.6 is 35.3 Å². The number of hydrogen-bond donors (Lipinski definition) is 3. The molecule has 4 rings (SSSR count). The molecular weight excluding hydrogens is 1510 g/mol. The average molecular weight is 1650 g/mol. The number of aliphatic hydroxyl groups excluding tert-OH is 1. The third kappa shape index (κ3) is 34.7. The maximum absolute atomic E-state index is 15.0. The number of unbranched alkanes of at least 4 members (excludes halogenated alkanes) is 1. The van der Waals surface area contributed by atoms with Gasteiger partial charge in [-0.2, -0.15) is 35.3 Å². The zero-order valence-electron chi connectivity index (χ0n) is 70.9. The Morgan fingerprint density at radius 1 is 0.430 bits per heavy atom. The van der Waals surface area contributed by atoms with E-state index >= 15 is 9.59 Å². The summed E-state index contributed by atoms with van der Waals surface area (Å²) >= 11 is 3.94. The van der Waals surface area contributed by atoms with Gasteiger partial charge in [0.15, 0.2) is 5.96 Å². The topological polar surface area (TPSA) is 367 Å². The molecule has 114 heavy (non-hydrogen) atoms. The number of nitrogens with zero attached hydrogens (tertiary/aromatic N) is 4. The molecule has 0 spiro atoms. The number of guanidine groups is 1. The minimum absolute atomic E-state index is 0.00270. The maximum atomic E-state index is 15.0. The second kappa shape index (κ2) is 50.4. The summed E-state index contributed by atoms with van der Waals surface area (Å²) in [5.74, 6) is -17.4. The van der Waals surface area contributed by atoms with Crippen LogP contribution < -0.4 is 11.5 Å². The van der Waals surface area contributed by atoms with Gasteiger partial charge in [0.05, 0.1) is 32.0 Å². The van der Waals surface area contributed by atoms with E-state index in [0.29, 0.717) is 36.3 Å². The Morgan fingerprint density at radius 2 is 0.807 bits per heavy atom. The van der Waals surface area contributed by atoms with Gasteiger partial charge in [0.1, 0.15) is 75.2 Å². The number of aliphatic hydroxyl groups is 1. The zero-order chi connectivity index (χ0) is 85.4. The summed E-state index contributed by atoms with van der Waals surface area (Å²) < 4.78 is 0. The Kier molecular flexibility index (Phi) is 44.2. The van der Waals surface area contributed by atoms with Crippen molar-refractivity contribution in [3.8, 4) is 0 Å². The zero-order valence-corrected chi connectivity index (χ0v) is 73.4. The van der Waals surface area contributed by atoms with Crippen molar-refractivity contribution in [1.82, 2.24) is 14.7 Å². The quantitative estimate of drug-likeness (QED) is 0.0786. The van der Waals surface area contributed by atoms with Crippen LogP contribution in [0.4, 0.5) is 0 Å². The van der Waals surface area contributed by atoms with Gasteiger partial charge >= 0.3 is 0 Å². The first-order valence-corrected chi connectivity index (χ1v) is 45.2. The number of Topliss-reactive ketones (excluding diaryl/α,β-unsaturated/α-hetero) is 13. The molecule has 23 nitrogen and oxygen atoms in total. The van der Waals surface area contributed by atoms with E-state index in [9.17, 15) is 72.2 Å². The monoisotopic (exact) mass is 1640 g/mol. The first-order chi connectivity index (χ1) is 53.6. The summed E-state index contributed by atoms with van der Waals surface area (Å²) in [7, 11) is 0. The highest BCUT2D eigenvalue weighted by Crippen LogP contribution is 2.35. The van der Waals surface area contributed by atoms with E-state index in [1.165, 1.54) is 63.8 Å². The smallest absolute Gasteiger partial charge is 0.226 e. The first-order valence-electron chi connectivity index (χ1n) is 41.8. The summed E-state index contributed by atoms with van der Waals surface area (Å²) in [6, 6.07) is 8.97. The van der Waals surface area contributed by atoms with Crippen LogP contribution in [0, 0.1) is 107 Å². The van der Waals surface area contributed by atoms with Gasteiger partial charge in [0.2, 0.25) is 17.7 Å². The van der Waals surface area contributed by atoms with Gasteiger partial charge in [-0.15, -0.1) is 0 Å². The summed E-state index contributed by atoms with van der Waals surface area (Å²) in [5.41, 5.74) is 11.9. The standard InChI is InChI=1S/C88H136N6O17S3/c1-52(2)31-64-38-73(97)57(11)34-77(101)68-41-83(107)70(55(7)8)43-75(99)59(13)35-81(105)71(56(9)10)44-80(104)67(32-53(3)4)47-113-29-25-86(110)93-49-92(50-94(51-93)87(111)26-30-114-48-68)85(109)24-28-112-46-66(60(14)95)40-82(106)69(54(5)6)42-74(98)58(12)33-76(100)63(23-19-20-27-91-88(89)90)37-84(108)72(61(15)96)45-79(103)65(39-78(64)102)36-62-21-17-16-18-22-62/h16-18,21-22,52-59,61,63-72,96H,19-20,23-51H2,1-15H3,(H4,89,90,91)/t57-,58-,59?,61?,63-,64-,65-,66+,67+,68+,69+,70+,71+,72+/m0/s1. The Bertz CT molecular complexity index is 3480. The van der Waals surface area contributed by atoms with Gasteiger partial charge in [-0.3, -0.25) is 81.7 Å². The predicted octanol–water partition coefficient (Wildman–Crippen LogP) is 12.1. The number of rotatable bonds is 16. The molecular formula is C88H136N6O17S3. The lowest BCUT2D eigenvalue weighted by Gasteiger charge is -2.42. The van der Waals surface area contributed by atoms with Crippen LogP contribution in [0.5, 0.6) is 0 Å². The molecule has 0 saturated carbocycles. The van der Waals surface area contributed by atoms with Gasteiger partial charge in [-0.1, -0.05) is 127 Å². The number of fused-ring (bicyclic) bond motifs is 7. The van der Waals surface area contributed by atoms with E-state index in [0.717, 1.165) is 0 Å². The number of carbonyl (C=O) groups is 16. The van der Waals surface area contributed by atoms with Crippen LogP contribution in [0.1, 0.15) is 238 Å². The molecule has 4 bridgehead atoms. The van der Waals surface area contributed by atoms with Crippen molar-refractivity contribution in [2.45, 2.75) is 245 Å². The van der Waals surface area contributed by atoms with Crippen molar-refractivity contribution in [2.24, 2.45) is 123 Å². The highest BCUT2D eigenvalue weighted by molar-refractivity contribution is 7.99. The summed E-state index contributed by atoms with van der Waals surface area (Å²) in [6.45, 7) is 26.1. The minimum Gasteiger partial charge on any atom is -0.393 e. The Hall–Kier alpha value is -6.38. The molecule has 3 saturated heterocycles. The van der Waals surface area contributed by atoms with Gasteiger partial charge < -0.3 is 31.3 Å². The van der Waals surface area contributed by atoms with E-state index in [4.69, 9.17) is 11.5 Å². The lowest BCUT2D eigenvalue weighted by atomic mass is 9.77. The molecule has 3 aliphatic heterocycles. The molecule has 638 valence electrons. The molecule has 0 aromatic heterocycles. The number of ketones is 13. The SMILES string of the molecule is CC(=O)[C@H]1CSCCC(=O)N2CN3CN(C2)C(=O)CCSC[C@@H](CC(C)C)C(=O)C[C@H](C(C)C)C(=O)CC(C)C(=O)C[C@H](C(C)C)C(=O)C[C@H](CSCCC3=O)C(=O)C[C@H](C)C(=O)C[C@H](CC(C)C)C(=O)C[C@H](Cc2ccccc2)C(=O)C[C@H](C(C)O)C(=O)C[C@H](CCCCN=C(N)N)C(=O)C[C@H](C)C(=O)C[C@H](C(C)C)C(=O)C1. The number of carbonyl (C=O) groups excluding carboxylic acids is 16. The molecule has 1 aromatic rings. The fraction of sp³-hybridized carbons (Fsp3) is 0.739. The van der Waals surface area contributed by atoms with Gasteiger partial charge in [0, 0.05) is 208 Å². The third-order valence-electron chi connectivity index (χ3n) is 23.1. The van der Waals surface area contributed by atoms with E-state index in [1.807, 2.05) is 41.5 Å². The molecule has 5 N–H and O–H groups in total. The number of aliphatic imine (C=N–C) groups is 1. The number of hydrogen-bond acceptors (Lipinski definition) is 21. The van der Waals surface area contributed by atoms with Crippen LogP contribution in [0.2, 0.25) is 0 Å². The minimum atomic E-state index is -1.39. The molecule has 0 aliphatic carbocycles. The Morgan fingerprint density at radius 3 is 1.28 bits per heavy atom. The predicted molar refractivity (Wildman–Crippen MR) is 449 cm³/mol. The molecule has 14 atom stereocenters. The van der Waals surface area contributed by atoms with Crippen molar-refractivity contribution in [3.63, 3.8) is 0 Å². The van der Waals surface area contributed by atoms with Crippen molar-refractivity contribution in [1.29, 1.82) is 0 Å². The van der Waals surface area contributed by atoms with Crippen LogP contribution in [0.3, 0.4) is 0 Å². The number of amides is 3. The van der Waals surface area contributed by atoms with Crippen LogP contribution in [0.15, 0.2) is 35.3 Å². The van der Waals surface area contributed by atoms with E-state index in [-0.39, 0.29) is 234 Å². The second-order valence-electron chi connectivity index (χ2n) is 34.9. The maximum Gasteiger partial charge on any atom is 0.226 e. The van der Waals surface area contributed by atoms with Crippen molar-refractivity contribution in [3.05, 3.63) is 35.9 Å². The summed E-state index contributed by atoms with van der Waals surface area (Å²) in [4.78, 5) is 240. The van der Waals surface area contributed by atoms with Crippen LogP contribution in [-0.2, 0) is 83.1 Å². The summed E-state index contributed by atoms with van der Waals surface area (Å²) in [6.07, 6.45) is -3.03. The molecule has 1 aromatic carbocycles. The van der Waals surface area contributed by atoms with Crippen molar-refractivity contribution >= 4 is 134 Å². The molecule has 3 fully saturated rings. The van der Waals surface area contributed by atoms with Crippen LogP contribution in [-0.4, -0.2) is 186 Å². The number of nitrogens with two attached hydrogens (primary N) is 2. The van der Waals surface area contributed by atoms with E-state index in [1.54, 1.807) is 78.8 Å². The molecule has 26 heteroatoms. The van der Waals surface area contributed by atoms with Gasteiger partial charge in [0.25, 0.3) is 0 Å². The molecule has 3 heterocycles. The highest BCUT2D eigenvalue weighted by Gasteiger charge is 2.41. The third-order valence-corrected chi connectivity index (χ3v) is 26.5.